The molecular formula is C14H25N3. The second kappa shape index (κ2) is 4.45. The molecule has 1 aliphatic heterocycles. The highest BCUT2D eigenvalue weighted by Crippen LogP contribution is 2.31. The Morgan fingerprint density at radius 1 is 1.35 bits per heavy atom. The Morgan fingerprint density at radius 2 is 2.06 bits per heavy atom. The minimum atomic E-state index is 0.0729. The molecule has 1 saturated heterocycles. The molecule has 0 spiro atoms. The Labute approximate surface area is 105 Å². The molecule has 17 heavy (non-hydrogen) atoms. The summed E-state index contributed by atoms with van der Waals surface area (Å²) in [5.74, 6) is 1.48. The van der Waals surface area contributed by atoms with Gasteiger partial charge >= 0.3 is 0 Å². The highest BCUT2D eigenvalue weighted by Gasteiger charge is 2.27. The van der Waals surface area contributed by atoms with Crippen LogP contribution in [0.3, 0.4) is 0 Å². The van der Waals surface area contributed by atoms with E-state index in [0.717, 1.165) is 12.5 Å². The summed E-state index contributed by atoms with van der Waals surface area (Å²) in [6, 6.07) is 0.474. The number of hydrogen-bond acceptors (Lipinski definition) is 2. The van der Waals surface area contributed by atoms with Gasteiger partial charge in [0.05, 0.1) is 11.7 Å². The molecule has 0 saturated carbocycles. The van der Waals surface area contributed by atoms with E-state index in [1.807, 2.05) is 6.20 Å². The molecule has 3 unspecified atom stereocenters. The second-order valence-electron chi connectivity index (χ2n) is 6.59. The van der Waals surface area contributed by atoms with E-state index in [9.17, 15) is 0 Å². The van der Waals surface area contributed by atoms with Crippen molar-refractivity contribution in [2.45, 2.75) is 52.6 Å². The molecular weight excluding hydrogens is 210 g/mol. The van der Waals surface area contributed by atoms with Gasteiger partial charge in [-0.05, 0) is 45.6 Å². The molecule has 0 aliphatic carbocycles. The summed E-state index contributed by atoms with van der Waals surface area (Å²) >= 11 is 0. The summed E-state index contributed by atoms with van der Waals surface area (Å²) < 4.78 is 2.06. The molecule has 0 bridgehead atoms. The SMILES string of the molecule is CC1CNC(c2cnn(C(C)(C)C)c2)C(C)C1. The highest BCUT2D eigenvalue weighted by molar-refractivity contribution is 5.13. The molecule has 0 radical (unpaired) electrons. The fraction of sp³-hybridized carbons (Fsp3) is 0.786. The van der Waals surface area contributed by atoms with E-state index in [2.05, 4.69) is 55.9 Å². The van der Waals surface area contributed by atoms with Gasteiger partial charge in [-0.3, -0.25) is 4.68 Å². The lowest BCUT2D eigenvalue weighted by molar-refractivity contribution is 0.246. The average molecular weight is 235 g/mol. The number of hydrogen-bond donors (Lipinski definition) is 1. The van der Waals surface area contributed by atoms with Gasteiger partial charge in [-0.1, -0.05) is 13.8 Å². The third-order valence-corrected chi connectivity index (χ3v) is 3.68. The minimum Gasteiger partial charge on any atom is -0.309 e. The molecule has 1 N–H and O–H groups in total. The van der Waals surface area contributed by atoms with Crippen LogP contribution in [-0.4, -0.2) is 16.3 Å². The van der Waals surface area contributed by atoms with Crippen LogP contribution >= 0.6 is 0 Å². The Hall–Kier alpha value is -0.830. The molecule has 0 amide bonds. The molecule has 1 aromatic heterocycles. The summed E-state index contributed by atoms with van der Waals surface area (Å²) in [5, 5.41) is 8.14. The van der Waals surface area contributed by atoms with Gasteiger partial charge in [0.1, 0.15) is 0 Å². The lowest BCUT2D eigenvalue weighted by Gasteiger charge is -2.33. The molecule has 1 aliphatic rings. The topological polar surface area (TPSA) is 29.9 Å². The average Bonchev–Trinajstić information content (AvgIpc) is 2.65. The molecule has 3 heteroatoms. The molecule has 96 valence electrons. The second-order valence-corrected chi connectivity index (χ2v) is 6.59. The van der Waals surface area contributed by atoms with Crippen molar-refractivity contribution in [2.24, 2.45) is 11.8 Å². The van der Waals surface area contributed by atoms with Crippen molar-refractivity contribution in [3.05, 3.63) is 18.0 Å². The highest BCUT2D eigenvalue weighted by atomic mass is 15.3. The van der Waals surface area contributed by atoms with Gasteiger partial charge in [0, 0.05) is 17.8 Å². The summed E-state index contributed by atoms with van der Waals surface area (Å²) in [5.41, 5.74) is 1.41. The Balaban J connectivity index is 2.15. The molecule has 1 aromatic rings. The normalized spacial score (nSPS) is 30.5. The fourth-order valence-electron chi connectivity index (χ4n) is 2.69. The van der Waals surface area contributed by atoms with Gasteiger partial charge in [-0.25, -0.2) is 0 Å². The fourth-order valence-corrected chi connectivity index (χ4v) is 2.69. The van der Waals surface area contributed by atoms with Crippen LogP contribution in [0, 0.1) is 11.8 Å². The van der Waals surface area contributed by atoms with Gasteiger partial charge in [-0.15, -0.1) is 0 Å². The van der Waals surface area contributed by atoms with Crippen molar-refractivity contribution < 1.29 is 0 Å². The third kappa shape index (κ3) is 2.71. The number of piperidine rings is 1. The largest absolute Gasteiger partial charge is 0.309 e. The van der Waals surface area contributed by atoms with E-state index in [4.69, 9.17) is 0 Å². The van der Waals surface area contributed by atoms with Crippen LogP contribution in [0.1, 0.15) is 52.6 Å². The van der Waals surface area contributed by atoms with Crippen molar-refractivity contribution in [2.75, 3.05) is 6.54 Å². The molecule has 3 nitrogen and oxygen atoms in total. The first kappa shape index (κ1) is 12.6. The lowest BCUT2D eigenvalue weighted by Crippen LogP contribution is -2.37. The zero-order valence-corrected chi connectivity index (χ0v) is 11.7. The van der Waals surface area contributed by atoms with E-state index in [-0.39, 0.29) is 5.54 Å². The molecule has 1 fully saturated rings. The zero-order chi connectivity index (χ0) is 12.6. The van der Waals surface area contributed by atoms with Gasteiger partial charge in [-0.2, -0.15) is 5.10 Å². The first-order valence-corrected chi connectivity index (χ1v) is 6.66. The van der Waals surface area contributed by atoms with Crippen LogP contribution in [0.2, 0.25) is 0 Å². The standard InChI is InChI=1S/C14H25N3/c1-10-6-11(2)13(15-7-10)12-8-16-17(9-12)14(3,4)5/h8-11,13,15H,6-7H2,1-5H3. The van der Waals surface area contributed by atoms with E-state index in [0.29, 0.717) is 12.0 Å². The lowest BCUT2D eigenvalue weighted by atomic mass is 9.84. The van der Waals surface area contributed by atoms with Crippen LogP contribution in [-0.2, 0) is 5.54 Å². The van der Waals surface area contributed by atoms with E-state index in [1.54, 1.807) is 0 Å². The maximum absolute atomic E-state index is 4.49. The number of nitrogens with zero attached hydrogens (tertiary/aromatic N) is 2. The Morgan fingerprint density at radius 3 is 2.59 bits per heavy atom. The first-order valence-electron chi connectivity index (χ1n) is 6.66. The zero-order valence-electron chi connectivity index (χ0n) is 11.7. The number of aromatic nitrogens is 2. The molecule has 3 atom stereocenters. The summed E-state index contributed by atoms with van der Waals surface area (Å²) in [7, 11) is 0. The summed E-state index contributed by atoms with van der Waals surface area (Å²) in [6.07, 6.45) is 5.53. The Bertz CT molecular complexity index is 375. The van der Waals surface area contributed by atoms with Gasteiger partial charge in [0.15, 0.2) is 0 Å². The van der Waals surface area contributed by atoms with Crippen molar-refractivity contribution >= 4 is 0 Å². The number of nitrogens with one attached hydrogen (secondary N) is 1. The monoisotopic (exact) mass is 235 g/mol. The predicted molar refractivity (Wildman–Crippen MR) is 70.9 cm³/mol. The van der Waals surface area contributed by atoms with Crippen molar-refractivity contribution in [3.8, 4) is 0 Å². The summed E-state index contributed by atoms with van der Waals surface area (Å²) in [4.78, 5) is 0. The van der Waals surface area contributed by atoms with Crippen LogP contribution in [0.5, 0.6) is 0 Å². The summed E-state index contributed by atoms with van der Waals surface area (Å²) in [6.45, 7) is 12.3. The van der Waals surface area contributed by atoms with E-state index < -0.39 is 0 Å². The molecule has 2 rings (SSSR count). The molecule has 2 heterocycles. The van der Waals surface area contributed by atoms with Gasteiger partial charge in [0.2, 0.25) is 0 Å². The van der Waals surface area contributed by atoms with Crippen LogP contribution in [0.15, 0.2) is 12.4 Å². The maximum Gasteiger partial charge on any atom is 0.0543 e. The van der Waals surface area contributed by atoms with Crippen LogP contribution in [0.4, 0.5) is 0 Å². The first-order chi connectivity index (χ1) is 7.88. The van der Waals surface area contributed by atoms with Crippen LogP contribution in [0.25, 0.3) is 0 Å². The predicted octanol–water partition coefficient (Wildman–Crippen LogP) is 2.94. The maximum atomic E-state index is 4.49. The van der Waals surface area contributed by atoms with Gasteiger partial charge < -0.3 is 5.32 Å². The van der Waals surface area contributed by atoms with Crippen molar-refractivity contribution in [3.63, 3.8) is 0 Å². The molecule has 0 aromatic carbocycles. The van der Waals surface area contributed by atoms with Crippen molar-refractivity contribution in [1.82, 2.24) is 15.1 Å². The third-order valence-electron chi connectivity index (χ3n) is 3.68. The smallest absolute Gasteiger partial charge is 0.0543 e. The van der Waals surface area contributed by atoms with Crippen LogP contribution < -0.4 is 5.32 Å². The minimum absolute atomic E-state index is 0.0729. The quantitative estimate of drug-likeness (QED) is 0.811. The van der Waals surface area contributed by atoms with E-state index >= 15 is 0 Å². The number of rotatable bonds is 1. The van der Waals surface area contributed by atoms with Gasteiger partial charge in [0.25, 0.3) is 0 Å². The van der Waals surface area contributed by atoms with Crippen molar-refractivity contribution in [1.29, 1.82) is 0 Å². The van der Waals surface area contributed by atoms with E-state index in [1.165, 1.54) is 12.0 Å². The Kier molecular flexibility index (Phi) is 3.30.